The van der Waals surface area contributed by atoms with Crippen molar-refractivity contribution in [3.63, 3.8) is 0 Å². The lowest BCUT2D eigenvalue weighted by atomic mass is 10.3. The van der Waals surface area contributed by atoms with E-state index in [1.54, 1.807) is 18.5 Å². The quantitative estimate of drug-likeness (QED) is 0.824. The summed E-state index contributed by atoms with van der Waals surface area (Å²) >= 11 is 0. The van der Waals surface area contributed by atoms with Gasteiger partial charge in [-0.15, -0.1) is 0 Å². The molecule has 0 spiro atoms. The van der Waals surface area contributed by atoms with Crippen molar-refractivity contribution in [1.29, 1.82) is 0 Å². The minimum atomic E-state index is -0.868. The van der Waals surface area contributed by atoms with Crippen molar-refractivity contribution in [3.05, 3.63) is 24.5 Å². The molecule has 6 heteroatoms. The van der Waals surface area contributed by atoms with Crippen LogP contribution in [0.25, 0.3) is 6.08 Å². The maximum Gasteiger partial charge on any atom is 0.407 e. The molecular formula is C11H14N4O2. The lowest BCUT2D eigenvalue weighted by Crippen LogP contribution is -2.48. The Morgan fingerprint density at radius 2 is 1.88 bits per heavy atom. The summed E-state index contributed by atoms with van der Waals surface area (Å²) in [6.07, 6.45) is 4.23. The van der Waals surface area contributed by atoms with Crippen LogP contribution in [0.5, 0.6) is 0 Å². The van der Waals surface area contributed by atoms with Gasteiger partial charge in [0.15, 0.2) is 0 Å². The van der Waals surface area contributed by atoms with Crippen molar-refractivity contribution >= 4 is 18.1 Å². The fourth-order valence-corrected chi connectivity index (χ4v) is 1.70. The summed E-state index contributed by atoms with van der Waals surface area (Å²) in [5, 5.41) is 8.83. The third-order valence-corrected chi connectivity index (χ3v) is 2.73. The van der Waals surface area contributed by atoms with Crippen LogP contribution in [0.4, 0.5) is 10.7 Å². The van der Waals surface area contributed by atoms with E-state index in [9.17, 15) is 4.79 Å². The zero-order chi connectivity index (χ0) is 12.3. The van der Waals surface area contributed by atoms with Gasteiger partial charge in [-0.2, -0.15) is 0 Å². The standard InChI is InChI=1S/C11H14N4O2/c1-2-9-7-12-10(13-8-9)14-3-5-15(6-4-14)11(16)17/h2,7-8H,1,3-6H2,(H,16,17). The first-order valence-corrected chi connectivity index (χ1v) is 5.38. The van der Waals surface area contributed by atoms with Crippen molar-refractivity contribution in [2.75, 3.05) is 31.1 Å². The van der Waals surface area contributed by atoms with Crippen LogP contribution in [0.15, 0.2) is 19.0 Å². The van der Waals surface area contributed by atoms with Gasteiger partial charge in [-0.1, -0.05) is 12.7 Å². The van der Waals surface area contributed by atoms with E-state index in [0.717, 1.165) is 5.56 Å². The van der Waals surface area contributed by atoms with E-state index in [2.05, 4.69) is 16.5 Å². The molecule has 17 heavy (non-hydrogen) atoms. The molecule has 1 aromatic heterocycles. The Balaban J connectivity index is 2.00. The molecule has 0 unspecified atom stereocenters. The maximum absolute atomic E-state index is 10.7. The van der Waals surface area contributed by atoms with E-state index >= 15 is 0 Å². The fourth-order valence-electron chi connectivity index (χ4n) is 1.70. The molecule has 6 nitrogen and oxygen atoms in total. The summed E-state index contributed by atoms with van der Waals surface area (Å²) in [7, 11) is 0. The molecule has 90 valence electrons. The smallest absolute Gasteiger partial charge is 0.407 e. The highest BCUT2D eigenvalue weighted by Gasteiger charge is 2.21. The minimum absolute atomic E-state index is 0.488. The highest BCUT2D eigenvalue weighted by atomic mass is 16.4. The number of anilines is 1. The van der Waals surface area contributed by atoms with Gasteiger partial charge in [0.25, 0.3) is 0 Å². The number of aromatic nitrogens is 2. The number of amides is 1. The van der Waals surface area contributed by atoms with E-state index in [1.807, 2.05) is 4.90 Å². The first kappa shape index (κ1) is 11.4. The SMILES string of the molecule is C=Cc1cnc(N2CCN(C(=O)O)CC2)nc1. The molecule has 0 aromatic carbocycles. The van der Waals surface area contributed by atoms with Gasteiger partial charge in [-0.05, 0) is 0 Å². The van der Waals surface area contributed by atoms with Gasteiger partial charge in [0.05, 0.1) is 0 Å². The second-order valence-corrected chi connectivity index (χ2v) is 3.78. The molecule has 2 heterocycles. The van der Waals surface area contributed by atoms with E-state index in [1.165, 1.54) is 4.90 Å². The first-order chi connectivity index (χ1) is 8.20. The number of hydrogen-bond acceptors (Lipinski definition) is 4. The normalized spacial score (nSPS) is 15.8. The molecule has 0 radical (unpaired) electrons. The summed E-state index contributed by atoms with van der Waals surface area (Å²) in [5.41, 5.74) is 0.873. The van der Waals surface area contributed by atoms with Crippen LogP contribution in [-0.2, 0) is 0 Å². The Morgan fingerprint density at radius 3 is 2.35 bits per heavy atom. The van der Waals surface area contributed by atoms with Gasteiger partial charge in [0, 0.05) is 44.1 Å². The highest BCUT2D eigenvalue weighted by molar-refractivity contribution is 5.65. The van der Waals surface area contributed by atoms with Crippen LogP contribution in [0.3, 0.4) is 0 Å². The van der Waals surface area contributed by atoms with Crippen LogP contribution in [0.1, 0.15) is 5.56 Å². The monoisotopic (exact) mass is 234 g/mol. The zero-order valence-electron chi connectivity index (χ0n) is 9.41. The number of hydrogen-bond donors (Lipinski definition) is 1. The second kappa shape index (κ2) is 4.82. The molecule has 1 aliphatic rings. The minimum Gasteiger partial charge on any atom is -0.465 e. The van der Waals surface area contributed by atoms with Gasteiger partial charge in [-0.25, -0.2) is 14.8 Å². The second-order valence-electron chi connectivity index (χ2n) is 3.78. The Bertz CT molecular complexity index is 410. The van der Waals surface area contributed by atoms with Crippen LogP contribution in [0, 0.1) is 0 Å². The lowest BCUT2D eigenvalue weighted by Gasteiger charge is -2.32. The molecule has 0 saturated carbocycles. The van der Waals surface area contributed by atoms with E-state index < -0.39 is 6.09 Å². The highest BCUT2D eigenvalue weighted by Crippen LogP contribution is 2.11. The molecule has 1 fully saturated rings. The first-order valence-electron chi connectivity index (χ1n) is 5.38. The molecule has 0 aliphatic carbocycles. The summed E-state index contributed by atoms with van der Waals surface area (Å²) in [4.78, 5) is 22.6. The molecule has 0 atom stereocenters. The Kier molecular flexibility index (Phi) is 3.22. The van der Waals surface area contributed by atoms with E-state index in [0.29, 0.717) is 32.1 Å². The molecule has 1 aromatic rings. The third-order valence-electron chi connectivity index (χ3n) is 2.73. The number of carbonyl (C=O) groups is 1. The molecule has 1 saturated heterocycles. The fraction of sp³-hybridized carbons (Fsp3) is 0.364. The zero-order valence-corrected chi connectivity index (χ0v) is 9.41. The topological polar surface area (TPSA) is 69.6 Å². The average Bonchev–Trinajstić information content (AvgIpc) is 2.39. The van der Waals surface area contributed by atoms with Crippen molar-refractivity contribution in [3.8, 4) is 0 Å². The van der Waals surface area contributed by atoms with Gasteiger partial charge in [0.2, 0.25) is 5.95 Å². The summed E-state index contributed by atoms with van der Waals surface area (Å²) in [6, 6.07) is 0. The van der Waals surface area contributed by atoms with Crippen molar-refractivity contribution in [1.82, 2.24) is 14.9 Å². The third kappa shape index (κ3) is 2.52. The van der Waals surface area contributed by atoms with Crippen molar-refractivity contribution in [2.45, 2.75) is 0 Å². The van der Waals surface area contributed by atoms with Crippen LogP contribution < -0.4 is 4.90 Å². The maximum atomic E-state index is 10.7. The molecule has 0 bridgehead atoms. The van der Waals surface area contributed by atoms with E-state index in [-0.39, 0.29) is 0 Å². The summed E-state index contributed by atoms with van der Waals surface area (Å²) < 4.78 is 0. The molecule has 1 amide bonds. The summed E-state index contributed by atoms with van der Waals surface area (Å²) in [6.45, 7) is 5.86. The molecular weight excluding hydrogens is 220 g/mol. The van der Waals surface area contributed by atoms with Gasteiger partial charge >= 0.3 is 6.09 Å². The molecule has 1 aliphatic heterocycles. The van der Waals surface area contributed by atoms with Crippen molar-refractivity contribution in [2.24, 2.45) is 0 Å². The Labute approximate surface area is 99.2 Å². The largest absolute Gasteiger partial charge is 0.465 e. The Morgan fingerprint density at radius 1 is 1.29 bits per heavy atom. The predicted octanol–water partition coefficient (Wildman–Crippen LogP) is 0.920. The average molecular weight is 234 g/mol. The van der Waals surface area contributed by atoms with Gasteiger partial charge in [-0.3, -0.25) is 0 Å². The predicted molar refractivity (Wildman–Crippen MR) is 63.9 cm³/mol. The number of carboxylic acid groups (broad SMARTS) is 1. The van der Waals surface area contributed by atoms with Crippen LogP contribution in [0.2, 0.25) is 0 Å². The number of piperazine rings is 1. The van der Waals surface area contributed by atoms with Crippen molar-refractivity contribution < 1.29 is 9.90 Å². The van der Waals surface area contributed by atoms with Gasteiger partial charge in [0.1, 0.15) is 0 Å². The summed E-state index contributed by atoms with van der Waals surface area (Å²) in [5.74, 6) is 0.639. The number of rotatable bonds is 2. The lowest BCUT2D eigenvalue weighted by molar-refractivity contribution is 0.142. The number of nitrogens with zero attached hydrogens (tertiary/aromatic N) is 4. The van der Waals surface area contributed by atoms with E-state index in [4.69, 9.17) is 5.11 Å². The molecule has 2 rings (SSSR count). The van der Waals surface area contributed by atoms with Crippen LogP contribution in [-0.4, -0.2) is 52.2 Å². The Hall–Kier alpha value is -2.11. The molecule has 1 N–H and O–H groups in total. The van der Waals surface area contributed by atoms with Crippen LogP contribution >= 0.6 is 0 Å². The van der Waals surface area contributed by atoms with Gasteiger partial charge < -0.3 is 14.9 Å².